The molecule has 3 saturated heterocycles. The number of halogens is 3. The van der Waals surface area contributed by atoms with E-state index in [9.17, 15) is 18.0 Å². The van der Waals surface area contributed by atoms with Gasteiger partial charge in [-0.1, -0.05) is 20.8 Å². The summed E-state index contributed by atoms with van der Waals surface area (Å²) >= 11 is 0. The highest BCUT2D eigenvalue weighted by molar-refractivity contribution is 7.86. The lowest BCUT2D eigenvalue weighted by molar-refractivity contribution is -0.934. The van der Waals surface area contributed by atoms with Crippen LogP contribution in [0.4, 0.5) is 13.2 Å². The molecule has 2 aliphatic carbocycles. The molecule has 7 nitrogen and oxygen atoms in total. The number of fused-ring (bicyclic) bond motifs is 5. The molecule has 5 aliphatic rings. The van der Waals surface area contributed by atoms with Crippen molar-refractivity contribution in [2.24, 2.45) is 16.7 Å². The summed E-state index contributed by atoms with van der Waals surface area (Å²) in [5.41, 5.74) is -5.26. The van der Waals surface area contributed by atoms with E-state index >= 15 is 0 Å². The molecule has 3 atom stereocenters. The number of ether oxygens (including phenoxy) is 1. The van der Waals surface area contributed by atoms with Crippen LogP contribution in [0, 0.1) is 16.7 Å². The van der Waals surface area contributed by atoms with Crippen molar-refractivity contribution in [3.63, 3.8) is 0 Å². The Labute approximate surface area is 175 Å². The Morgan fingerprint density at radius 3 is 2.07 bits per heavy atom. The zero-order chi connectivity index (χ0) is 22.6. The summed E-state index contributed by atoms with van der Waals surface area (Å²) in [6.07, 6.45) is 3.91. The van der Waals surface area contributed by atoms with Gasteiger partial charge in [0, 0.05) is 30.5 Å². The van der Waals surface area contributed by atoms with E-state index in [2.05, 4.69) is 25.7 Å². The fourth-order valence-corrected chi connectivity index (χ4v) is 5.96. The third kappa shape index (κ3) is 4.49. The summed E-state index contributed by atoms with van der Waals surface area (Å²) in [6, 6.07) is 0. The molecule has 0 N–H and O–H groups in total. The van der Waals surface area contributed by atoms with Crippen LogP contribution in [0.2, 0.25) is 0 Å². The minimum Gasteiger partial charge on any atom is -0.741 e. The molecule has 4 bridgehead atoms. The molecular weight excluding hydrogens is 425 g/mol. The van der Waals surface area contributed by atoms with Crippen LogP contribution in [0.1, 0.15) is 40.0 Å². The average molecular weight is 457 g/mol. The van der Waals surface area contributed by atoms with Gasteiger partial charge in [-0.15, -0.1) is 0 Å². The number of hydrogen-bond acceptors (Lipinski definition) is 6. The molecular formula is C19H31F3N2O5S. The number of piperazine rings is 3. The summed E-state index contributed by atoms with van der Waals surface area (Å²) in [5, 5.41) is 0. The van der Waals surface area contributed by atoms with Crippen LogP contribution in [0.3, 0.4) is 0 Å². The van der Waals surface area contributed by atoms with Crippen molar-refractivity contribution in [2.75, 3.05) is 45.8 Å². The molecule has 30 heavy (non-hydrogen) atoms. The highest BCUT2D eigenvalue weighted by Gasteiger charge is 2.61. The lowest BCUT2D eigenvalue weighted by Crippen LogP contribution is -2.68. The number of quaternary nitrogens is 1. The zero-order valence-corrected chi connectivity index (χ0v) is 18.5. The summed E-state index contributed by atoms with van der Waals surface area (Å²) < 4.78 is 66.0. The summed E-state index contributed by atoms with van der Waals surface area (Å²) in [4.78, 5) is 15.2. The van der Waals surface area contributed by atoms with E-state index in [1.807, 2.05) is 0 Å². The largest absolute Gasteiger partial charge is 0.741 e. The molecule has 11 heteroatoms. The van der Waals surface area contributed by atoms with E-state index < -0.39 is 15.6 Å². The van der Waals surface area contributed by atoms with E-state index in [0.717, 1.165) is 49.7 Å². The first kappa shape index (κ1) is 23.7. The van der Waals surface area contributed by atoms with Crippen LogP contribution >= 0.6 is 0 Å². The van der Waals surface area contributed by atoms with Gasteiger partial charge in [-0.25, -0.2) is 13.2 Å². The smallest absolute Gasteiger partial charge is 0.485 e. The fourth-order valence-electron chi connectivity index (χ4n) is 5.96. The van der Waals surface area contributed by atoms with Crippen LogP contribution in [0.5, 0.6) is 0 Å². The van der Waals surface area contributed by atoms with Crippen LogP contribution in [-0.2, 0) is 19.6 Å². The molecule has 0 aromatic heterocycles. The van der Waals surface area contributed by atoms with Gasteiger partial charge in [-0.2, -0.15) is 13.2 Å². The third-order valence-corrected chi connectivity index (χ3v) is 8.37. The van der Waals surface area contributed by atoms with Crippen molar-refractivity contribution in [1.29, 1.82) is 0 Å². The molecule has 0 unspecified atom stereocenters. The van der Waals surface area contributed by atoms with Crippen LogP contribution in [0.15, 0.2) is 0 Å². The van der Waals surface area contributed by atoms with E-state index in [-0.39, 0.29) is 22.9 Å². The molecule has 5 rings (SSSR count). The predicted molar refractivity (Wildman–Crippen MR) is 101 cm³/mol. The summed E-state index contributed by atoms with van der Waals surface area (Å²) in [7, 11) is -6.09. The highest BCUT2D eigenvalue weighted by atomic mass is 32.2. The number of hydrogen-bond donors (Lipinski definition) is 0. The maximum Gasteiger partial charge on any atom is 0.485 e. The maximum absolute atomic E-state index is 12.7. The van der Waals surface area contributed by atoms with Crippen LogP contribution in [0.25, 0.3) is 0 Å². The number of esters is 1. The Hall–Kier alpha value is -0.910. The standard InChI is InChI=1S/C18H31N2O2.CHF3O3S/c1-17(2)14-4-5-18(3,12-14)16(17)22-15(21)13-20-9-6-19(7-10-20)8-11-20;2-1(3,4)8(5,6)7/h14,16H,4-13H2,1-3H3;(H,5,6,7)/q+1;/p-1/t14-,16-,18+;/m0./s1. The van der Waals surface area contributed by atoms with Gasteiger partial charge in [0.05, 0.1) is 19.6 Å². The molecule has 0 spiro atoms. The minimum absolute atomic E-state index is 0.0576. The molecule has 0 amide bonds. The minimum atomic E-state index is -6.09. The number of nitrogens with zero attached hydrogens (tertiary/aromatic N) is 2. The summed E-state index contributed by atoms with van der Waals surface area (Å²) in [5.74, 6) is 0.795. The van der Waals surface area contributed by atoms with Crippen molar-refractivity contribution in [2.45, 2.75) is 51.6 Å². The summed E-state index contributed by atoms with van der Waals surface area (Å²) in [6.45, 7) is 14.4. The number of carbonyl (C=O) groups is 1. The van der Waals surface area contributed by atoms with Gasteiger partial charge in [-0.05, 0) is 25.2 Å². The Bertz CT molecular complexity index is 759. The van der Waals surface area contributed by atoms with Crippen molar-refractivity contribution >= 4 is 16.1 Å². The maximum atomic E-state index is 12.7. The number of carbonyl (C=O) groups excluding carboxylic acids is 1. The van der Waals surface area contributed by atoms with Gasteiger partial charge in [0.1, 0.15) is 6.10 Å². The van der Waals surface area contributed by atoms with Gasteiger partial charge in [0.2, 0.25) is 0 Å². The van der Waals surface area contributed by atoms with Crippen molar-refractivity contribution < 1.29 is 40.2 Å². The molecule has 5 fully saturated rings. The van der Waals surface area contributed by atoms with Gasteiger partial charge in [0.25, 0.3) is 0 Å². The molecule has 2 saturated carbocycles. The van der Waals surface area contributed by atoms with E-state index in [0.29, 0.717) is 6.54 Å². The second-order valence-electron chi connectivity index (χ2n) is 10.2. The van der Waals surface area contributed by atoms with Crippen LogP contribution in [-0.4, -0.2) is 85.7 Å². The SMILES string of the molecule is CC1(C)[C@H]2CC[C@](C)(C2)[C@H]1OC(=O)C[N+]12CCN(CC1)CC2.O=S(=O)([O-])C(F)(F)F. The molecule has 0 aromatic carbocycles. The zero-order valence-electron chi connectivity index (χ0n) is 17.7. The molecule has 0 radical (unpaired) electrons. The monoisotopic (exact) mass is 456 g/mol. The fraction of sp³-hybridized carbons (Fsp3) is 0.947. The number of alkyl halides is 3. The molecule has 3 heterocycles. The molecule has 3 aliphatic heterocycles. The van der Waals surface area contributed by atoms with Gasteiger partial charge in [-0.3, -0.25) is 4.90 Å². The molecule has 174 valence electrons. The Kier molecular flexibility index (Phi) is 6.01. The number of rotatable bonds is 3. The highest BCUT2D eigenvalue weighted by Crippen LogP contribution is 2.63. The van der Waals surface area contributed by atoms with Gasteiger partial charge >= 0.3 is 11.5 Å². The lowest BCUT2D eigenvalue weighted by atomic mass is 9.70. The van der Waals surface area contributed by atoms with E-state index in [4.69, 9.17) is 17.7 Å². The van der Waals surface area contributed by atoms with Crippen molar-refractivity contribution in [3.05, 3.63) is 0 Å². The van der Waals surface area contributed by atoms with Crippen molar-refractivity contribution in [3.8, 4) is 0 Å². The average Bonchev–Trinajstić information content (AvgIpc) is 3.10. The van der Waals surface area contributed by atoms with Gasteiger partial charge < -0.3 is 13.8 Å². The first-order valence-corrected chi connectivity index (χ1v) is 11.8. The van der Waals surface area contributed by atoms with E-state index in [1.165, 1.54) is 19.3 Å². The Balaban J connectivity index is 0.000000275. The van der Waals surface area contributed by atoms with E-state index in [1.54, 1.807) is 0 Å². The normalized spacial score (nSPS) is 39.4. The van der Waals surface area contributed by atoms with Crippen LogP contribution < -0.4 is 0 Å². The lowest BCUT2D eigenvalue weighted by Gasteiger charge is -2.50. The second-order valence-corrected chi connectivity index (χ2v) is 11.6. The second kappa shape index (κ2) is 7.60. The Morgan fingerprint density at radius 1 is 1.17 bits per heavy atom. The Morgan fingerprint density at radius 2 is 1.67 bits per heavy atom. The first-order chi connectivity index (χ1) is 13.6. The predicted octanol–water partition coefficient (Wildman–Crippen LogP) is 1.94. The van der Waals surface area contributed by atoms with Crippen molar-refractivity contribution in [1.82, 2.24) is 4.90 Å². The molecule has 0 aromatic rings. The van der Waals surface area contributed by atoms with Gasteiger partial charge in [0.15, 0.2) is 16.7 Å². The first-order valence-electron chi connectivity index (χ1n) is 10.4. The third-order valence-electron chi connectivity index (χ3n) is 7.81. The quantitative estimate of drug-likeness (QED) is 0.279. The topological polar surface area (TPSA) is 86.7 Å².